The van der Waals surface area contributed by atoms with E-state index in [0.717, 1.165) is 21.8 Å². The van der Waals surface area contributed by atoms with E-state index in [1.165, 1.54) is 17.7 Å². The van der Waals surface area contributed by atoms with E-state index in [0.29, 0.717) is 5.69 Å². The van der Waals surface area contributed by atoms with Crippen molar-refractivity contribution in [3.8, 4) is 21.8 Å². The monoisotopic (exact) mass is 410 g/mol. The molecule has 0 atom stereocenters. The molecule has 0 aliphatic heterocycles. The lowest BCUT2D eigenvalue weighted by molar-refractivity contribution is -0.384. The number of nitro groups is 1. The smallest absolute Gasteiger partial charge is 0.334 e. The molecule has 28 heavy (non-hydrogen) atoms. The fourth-order valence-corrected chi connectivity index (χ4v) is 3.57. The molecule has 3 aromatic heterocycles. The van der Waals surface area contributed by atoms with E-state index in [1.54, 1.807) is 18.5 Å². The summed E-state index contributed by atoms with van der Waals surface area (Å²) in [7, 11) is 0. The minimum absolute atomic E-state index is 0.0258. The van der Waals surface area contributed by atoms with Crippen LogP contribution in [0.1, 0.15) is 0 Å². The molecule has 0 bridgehead atoms. The number of rotatable bonds is 5. The zero-order valence-corrected chi connectivity index (χ0v) is 15.7. The Morgan fingerprint density at radius 2 is 1.93 bits per heavy atom. The minimum Gasteiger partial charge on any atom is -0.334 e. The van der Waals surface area contributed by atoms with Crippen LogP contribution in [0.4, 0.5) is 17.2 Å². The Labute approximate surface area is 168 Å². The first kappa shape index (κ1) is 18.0. The fraction of sp³-hybridized carbons (Fsp3) is 0. The van der Waals surface area contributed by atoms with Gasteiger partial charge in [-0.05, 0) is 24.3 Å². The van der Waals surface area contributed by atoms with Gasteiger partial charge >= 0.3 is 5.69 Å². The van der Waals surface area contributed by atoms with E-state index in [1.807, 2.05) is 35.7 Å². The van der Waals surface area contributed by atoms with Gasteiger partial charge in [0.25, 0.3) is 0 Å². The van der Waals surface area contributed by atoms with Crippen LogP contribution in [0, 0.1) is 10.1 Å². The number of pyridine rings is 1. The highest BCUT2D eigenvalue weighted by atomic mass is 35.5. The summed E-state index contributed by atoms with van der Waals surface area (Å²) in [6.07, 6.45) is 4.62. The van der Waals surface area contributed by atoms with Crippen LogP contribution in [-0.2, 0) is 0 Å². The summed E-state index contributed by atoms with van der Waals surface area (Å²) < 4.78 is 0. The van der Waals surface area contributed by atoms with Gasteiger partial charge in [-0.25, -0.2) is 15.0 Å². The van der Waals surface area contributed by atoms with Crippen LogP contribution in [-0.4, -0.2) is 24.9 Å². The number of nitrogens with zero attached hydrogens (tertiary/aromatic N) is 5. The summed E-state index contributed by atoms with van der Waals surface area (Å²) >= 11 is 7.36. The van der Waals surface area contributed by atoms with E-state index in [4.69, 9.17) is 11.6 Å². The van der Waals surface area contributed by atoms with Gasteiger partial charge in [0.2, 0.25) is 11.0 Å². The molecule has 3 heterocycles. The maximum Gasteiger partial charge on any atom is 0.348 e. The van der Waals surface area contributed by atoms with Crippen LogP contribution in [0.2, 0.25) is 5.15 Å². The minimum atomic E-state index is -0.615. The van der Waals surface area contributed by atoms with Gasteiger partial charge in [-0.15, -0.1) is 11.3 Å². The second-order valence-electron chi connectivity index (χ2n) is 5.60. The van der Waals surface area contributed by atoms with E-state index in [9.17, 15) is 10.1 Å². The molecule has 0 aliphatic rings. The van der Waals surface area contributed by atoms with Gasteiger partial charge in [-0.1, -0.05) is 23.7 Å². The van der Waals surface area contributed by atoms with Crippen LogP contribution in [0.5, 0.6) is 0 Å². The van der Waals surface area contributed by atoms with Gasteiger partial charge in [-0.3, -0.25) is 15.1 Å². The Morgan fingerprint density at radius 1 is 1.11 bits per heavy atom. The lowest BCUT2D eigenvalue weighted by Gasteiger charge is -2.07. The molecule has 0 aliphatic carbocycles. The predicted molar refractivity (Wildman–Crippen MR) is 108 cm³/mol. The summed E-state index contributed by atoms with van der Waals surface area (Å²) in [5.74, 6) is 0.0258. The average Bonchev–Trinajstić information content (AvgIpc) is 3.19. The molecule has 4 rings (SSSR count). The molecule has 0 saturated heterocycles. The van der Waals surface area contributed by atoms with Gasteiger partial charge in [0, 0.05) is 34.6 Å². The molecule has 138 valence electrons. The van der Waals surface area contributed by atoms with Crippen molar-refractivity contribution in [1.29, 1.82) is 0 Å². The average molecular weight is 411 g/mol. The highest BCUT2D eigenvalue weighted by molar-refractivity contribution is 7.13. The maximum atomic E-state index is 11.2. The molecule has 0 amide bonds. The highest BCUT2D eigenvalue weighted by Crippen LogP contribution is 2.33. The predicted octanol–water partition coefficient (Wildman–Crippen LogP) is 4.97. The zero-order valence-electron chi connectivity index (χ0n) is 14.1. The van der Waals surface area contributed by atoms with Gasteiger partial charge in [0.05, 0.1) is 10.6 Å². The topological polar surface area (TPSA) is 107 Å². The van der Waals surface area contributed by atoms with Gasteiger partial charge < -0.3 is 5.32 Å². The molecular weight excluding hydrogens is 400 g/mol. The number of benzene rings is 1. The molecule has 0 fully saturated rings. The molecule has 8 nitrogen and oxygen atoms in total. The maximum absolute atomic E-state index is 11.2. The van der Waals surface area contributed by atoms with Crippen LogP contribution in [0.25, 0.3) is 21.8 Å². The third-order valence-corrected chi connectivity index (χ3v) is 4.98. The number of hydrogen-bond acceptors (Lipinski definition) is 8. The lowest BCUT2D eigenvalue weighted by Crippen LogP contribution is -2.01. The number of anilines is 2. The molecule has 0 radical (unpaired) electrons. The van der Waals surface area contributed by atoms with Crippen molar-refractivity contribution in [3.05, 3.63) is 75.8 Å². The molecule has 4 aromatic rings. The van der Waals surface area contributed by atoms with Crippen LogP contribution >= 0.6 is 22.9 Å². The Morgan fingerprint density at radius 3 is 2.71 bits per heavy atom. The fourth-order valence-electron chi connectivity index (χ4n) is 2.54. The Bertz CT molecular complexity index is 1150. The van der Waals surface area contributed by atoms with Crippen molar-refractivity contribution < 1.29 is 4.92 Å². The summed E-state index contributed by atoms with van der Waals surface area (Å²) in [4.78, 5) is 26.9. The van der Waals surface area contributed by atoms with Gasteiger partial charge in [0.15, 0.2) is 0 Å². The summed E-state index contributed by atoms with van der Waals surface area (Å²) in [5, 5.41) is 16.8. The number of nitrogens with one attached hydrogen (secondary N) is 1. The van der Waals surface area contributed by atoms with E-state index in [-0.39, 0.29) is 16.7 Å². The Kier molecular flexibility index (Phi) is 4.92. The van der Waals surface area contributed by atoms with Gasteiger partial charge in [0.1, 0.15) is 11.3 Å². The molecular formula is C18H11ClN6O2S. The molecule has 0 saturated carbocycles. The van der Waals surface area contributed by atoms with Crippen LogP contribution < -0.4 is 5.32 Å². The first-order valence-electron chi connectivity index (χ1n) is 8.00. The van der Waals surface area contributed by atoms with E-state index in [2.05, 4.69) is 25.3 Å². The zero-order chi connectivity index (χ0) is 19.5. The van der Waals surface area contributed by atoms with Crippen molar-refractivity contribution in [2.24, 2.45) is 0 Å². The van der Waals surface area contributed by atoms with E-state index >= 15 is 0 Å². The SMILES string of the molecule is O=[N+]([O-])c1c(Cl)ncnc1Nc1cccc(-c2csc(-c3ccncc3)n2)c1. The quantitative estimate of drug-likeness (QED) is 0.281. The first-order valence-corrected chi connectivity index (χ1v) is 9.26. The molecule has 1 aromatic carbocycles. The molecule has 0 spiro atoms. The summed E-state index contributed by atoms with van der Waals surface area (Å²) in [5.41, 5.74) is 2.91. The Hall–Kier alpha value is -3.43. The van der Waals surface area contributed by atoms with Crippen molar-refractivity contribution in [3.63, 3.8) is 0 Å². The van der Waals surface area contributed by atoms with Crippen LogP contribution in [0.15, 0.2) is 60.5 Å². The van der Waals surface area contributed by atoms with Crippen molar-refractivity contribution in [2.45, 2.75) is 0 Å². The number of thiazole rings is 1. The normalized spacial score (nSPS) is 10.6. The number of aromatic nitrogens is 4. The summed E-state index contributed by atoms with van der Waals surface area (Å²) in [6, 6.07) is 11.2. The second-order valence-corrected chi connectivity index (χ2v) is 6.81. The second kappa shape index (κ2) is 7.67. The molecule has 1 N–H and O–H groups in total. The van der Waals surface area contributed by atoms with Crippen LogP contribution in [0.3, 0.4) is 0 Å². The number of halogens is 1. The van der Waals surface area contributed by atoms with Gasteiger partial charge in [-0.2, -0.15) is 0 Å². The highest BCUT2D eigenvalue weighted by Gasteiger charge is 2.21. The first-order chi connectivity index (χ1) is 13.6. The standard InChI is InChI=1S/C18H11ClN6O2S/c19-16-15(25(26)27)17(22-10-21-16)23-13-3-1-2-12(8-13)14-9-28-18(24-14)11-4-6-20-7-5-11/h1-10H,(H,21,22,23). The summed E-state index contributed by atoms with van der Waals surface area (Å²) in [6.45, 7) is 0. The van der Waals surface area contributed by atoms with E-state index < -0.39 is 4.92 Å². The van der Waals surface area contributed by atoms with Crippen molar-refractivity contribution >= 4 is 40.1 Å². The largest absolute Gasteiger partial charge is 0.348 e. The Balaban J connectivity index is 1.64. The van der Waals surface area contributed by atoms with Crippen molar-refractivity contribution in [1.82, 2.24) is 19.9 Å². The molecule has 10 heteroatoms. The van der Waals surface area contributed by atoms with Crippen molar-refractivity contribution in [2.75, 3.05) is 5.32 Å². The molecule has 0 unspecified atom stereocenters. The third kappa shape index (κ3) is 3.66. The number of hydrogen-bond donors (Lipinski definition) is 1. The third-order valence-electron chi connectivity index (χ3n) is 3.81. The lowest BCUT2D eigenvalue weighted by atomic mass is 10.1.